The van der Waals surface area contributed by atoms with Crippen molar-refractivity contribution in [1.29, 1.82) is 0 Å². The molecule has 0 spiro atoms. The Labute approximate surface area is 122 Å². The average molecular weight is 274 g/mol. The third-order valence-electron chi connectivity index (χ3n) is 3.60. The van der Waals surface area contributed by atoms with Crippen LogP contribution in [0.5, 0.6) is 0 Å². The van der Waals surface area contributed by atoms with E-state index in [9.17, 15) is 4.79 Å². The zero-order valence-electron chi connectivity index (χ0n) is 12.9. The van der Waals surface area contributed by atoms with Crippen LogP contribution in [0.4, 0.5) is 0 Å². The van der Waals surface area contributed by atoms with E-state index in [-0.39, 0.29) is 17.5 Å². The molecule has 1 atom stereocenters. The Balaban J connectivity index is 2.06. The van der Waals surface area contributed by atoms with Gasteiger partial charge in [-0.1, -0.05) is 30.3 Å². The quantitative estimate of drug-likeness (QED) is 0.919. The number of benzene rings is 1. The van der Waals surface area contributed by atoms with Crippen LogP contribution in [0, 0.1) is 0 Å². The highest BCUT2D eigenvalue weighted by atomic mass is 16.2. The second-order valence-electron chi connectivity index (χ2n) is 6.69. The molecule has 0 bridgehead atoms. The van der Waals surface area contributed by atoms with Gasteiger partial charge >= 0.3 is 0 Å². The number of hydrogen-bond acceptors (Lipinski definition) is 2. The van der Waals surface area contributed by atoms with E-state index in [1.165, 1.54) is 5.56 Å². The molecule has 1 saturated heterocycles. The molecule has 1 N–H and O–H groups in total. The molecule has 1 aromatic rings. The van der Waals surface area contributed by atoms with E-state index in [2.05, 4.69) is 38.2 Å². The molecule has 0 aromatic heterocycles. The molecular weight excluding hydrogens is 248 g/mol. The lowest BCUT2D eigenvalue weighted by Crippen LogP contribution is -2.51. The van der Waals surface area contributed by atoms with E-state index < -0.39 is 0 Å². The molecular formula is C17H26N2O. The van der Waals surface area contributed by atoms with E-state index in [0.717, 1.165) is 32.4 Å². The molecule has 20 heavy (non-hydrogen) atoms. The summed E-state index contributed by atoms with van der Waals surface area (Å²) in [4.78, 5) is 14.7. The van der Waals surface area contributed by atoms with E-state index in [1.54, 1.807) is 0 Å². The van der Waals surface area contributed by atoms with Gasteiger partial charge in [-0.2, -0.15) is 0 Å². The largest absolute Gasteiger partial charge is 0.337 e. The maximum atomic E-state index is 12.7. The maximum Gasteiger partial charge on any atom is 0.240 e. The minimum absolute atomic E-state index is 0.0247. The molecule has 110 valence electrons. The molecule has 2 rings (SSSR count). The Hall–Kier alpha value is -1.35. The zero-order valence-corrected chi connectivity index (χ0v) is 12.9. The van der Waals surface area contributed by atoms with Gasteiger partial charge in [0.15, 0.2) is 0 Å². The Morgan fingerprint density at radius 2 is 1.90 bits per heavy atom. The minimum atomic E-state index is -0.0405. The molecule has 0 radical (unpaired) electrons. The predicted molar refractivity (Wildman–Crippen MR) is 82.4 cm³/mol. The van der Waals surface area contributed by atoms with Crippen LogP contribution in [0.3, 0.4) is 0 Å². The molecule has 1 aromatic carbocycles. The van der Waals surface area contributed by atoms with Gasteiger partial charge in [0.2, 0.25) is 5.91 Å². The fraction of sp³-hybridized carbons (Fsp3) is 0.588. The van der Waals surface area contributed by atoms with Crippen LogP contribution < -0.4 is 5.32 Å². The van der Waals surface area contributed by atoms with E-state index >= 15 is 0 Å². The summed E-state index contributed by atoms with van der Waals surface area (Å²) < 4.78 is 0. The molecule has 1 heterocycles. The number of rotatable bonds is 3. The Morgan fingerprint density at radius 3 is 2.55 bits per heavy atom. The first-order chi connectivity index (χ1) is 9.46. The molecule has 3 heteroatoms. The third-order valence-corrected chi connectivity index (χ3v) is 3.60. The van der Waals surface area contributed by atoms with E-state index in [4.69, 9.17) is 0 Å². The van der Waals surface area contributed by atoms with Crippen LogP contribution in [0.15, 0.2) is 30.3 Å². The van der Waals surface area contributed by atoms with Gasteiger partial charge in [0.05, 0.1) is 6.04 Å². The summed E-state index contributed by atoms with van der Waals surface area (Å²) in [6.45, 7) is 7.95. The maximum absolute atomic E-state index is 12.7. The smallest absolute Gasteiger partial charge is 0.240 e. The van der Waals surface area contributed by atoms with Crippen LogP contribution in [-0.4, -0.2) is 28.9 Å². The third kappa shape index (κ3) is 4.34. The van der Waals surface area contributed by atoms with Gasteiger partial charge in [0.25, 0.3) is 0 Å². The summed E-state index contributed by atoms with van der Waals surface area (Å²) in [5.74, 6) is 0.251. The van der Waals surface area contributed by atoms with Crippen LogP contribution in [0.25, 0.3) is 0 Å². The molecule has 0 saturated carbocycles. The van der Waals surface area contributed by atoms with Crippen molar-refractivity contribution in [2.75, 3.05) is 6.54 Å². The van der Waals surface area contributed by atoms with Crippen molar-refractivity contribution in [1.82, 2.24) is 10.2 Å². The van der Waals surface area contributed by atoms with Crippen molar-refractivity contribution in [2.24, 2.45) is 0 Å². The van der Waals surface area contributed by atoms with Crippen LogP contribution in [0.1, 0.15) is 45.6 Å². The summed E-state index contributed by atoms with van der Waals surface area (Å²) in [5.41, 5.74) is 1.18. The summed E-state index contributed by atoms with van der Waals surface area (Å²) in [5, 5.41) is 3.47. The number of amides is 1. The lowest BCUT2D eigenvalue weighted by atomic mass is 10.0. The minimum Gasteiger partial charge on any atom is -0.337 e. The van der Waals surface area contributed by atoms with Crippen molar-refractivity contribution in [3.8, 4) is 0 Å². The first kappa shape index (κ1) is 15.0. The molecule has 1 fully saturated rings. The highest BCUT2D eigenvalue weighted by molar-refractivity contribution is 5.82. The van der Waals surface area contributed by atoms with Crippen molar-refractivity contribution in [3.63, 3.8) is 0 Å². The fourth-order valence-corrected chi connectivity index (χ4v) is 2.72. The normalized spacial score (nSPS) is 20.9. The number of nitrogens with one attached hydrogen (secondary N) is 1. The van der Waals surface area contributed by atoms with Gasteiger partial charge in [-0.3, -0.25) is 4.79 Å². The molecule has 3 nitrogen and oxygen atoms in total. The topological polar surface area (TPSA) is 32.3 Å². The van der Waals surface area contributed by atoms with Gasteiger partial charge < -0.3 is 10.2 Å². The monoisotopic (exact) mass is 274 g/mol. The first-order valence-corrected chi connectivity index (χ1v) is 7.56. The van der Waals surface area contributed by atoms with Crippen LogP contribution in [0.2, 0.25) is 0 Å². The summed E-state index contributed by atoms with van der Waals surface area (Å²) in [7, 11) is 0. The summed E-state index contributed by atoms with van der Waals surface area (Å²) in [6.07, 6.45) is 3.16. The second-order valence-corrected chi connectivity index (χ2v) is 6.69. The van der Waals surface area contributed by atoms with Gasteiger partial charge in [0, 0.05) is 18.6 Å². The van der Waals surface area contributed by atoms with E-state index in [0.29, 0.717) is 0 Å². The van der Waals surface area contributed by atoms with Crippen molar-refractivity contribution in [2.45, 2.75) is 58.2 Å². The average Bonchev–Trinajstić information content (AvgIpc) is 2.54. The molecule has 1 aliphatic rings. The van der Waals surface area contributed by atoms with Crippen molar-refractivity contribution in [3.05, 3.63) is 35.9 Å². The number of likely N-dealkylation sites (tertiary alicyclic amines) is 1. The van der Waals surface area contributed by atoms with Crippen LogP contribution >= 0.6 is 0 Å². The first-order valence-electron chi connectivity index (χ1n) is 7.56. The molecule has 1 amide bonds. The van der Waals surface area contributed by atoms with Crippen LogP contribution in [-0.2, 0) is 11.3 Å². The number of carbonyl (C=O) groups is 1. The van der Waals surface area contributed by atoms with Crippen molar-refractivity contribution < 1.29 is 4.79 Å². The molecule has 0 aliphatic carbocycles. The SMILES string of the molecule is CC(C)(C)N[C@@H]1CCCCN(Cc2ccccc2)C1=O. The Morgan fingerprint density at radius 1 is 1.20 bits per heavy atom. The van der Waals surface area contributed by atoms with Crippen molar-refractivity contribution >= 4 is 5.91 Å². The van der Waals surface area contributed by atoms with Gasteiger partial charge in [-0.25, -0.2) is 0 Å². The van der Waals surface area contributed by atoms with Gasteiger partial charge in [-0.05, 0) is 45.6 Å². The summed E-state index contributed by atoms with van der Waals surface area (Å²) >= 11 is 0. The Kier molecular flexibility index (Phi) is 4.81. The summed E-state index contributed by atoms with van der Waals surface area (Å²) in [6, 6.07) is 10.2. The zero-order chi connectivity index (χ0) is 14.6. The highest BCUT2D eigenvalue weighted by Crippen LogP contribution is 2.17. The molecule has 1 aliphatic heterocycles. The number of nitrogens with zero attached hydrogens (tertiary/aromatic N) is 1. The highest BCUT2D eigenvalue weighted by Gasteiger charge is 2.29. The predicted octanol–water partition coefficient (Wildman–Crippen LogP) is 2.96. The second kappa shape index (κ2) is 6.40. The van der Waals surface area contributed by atoms with E-state index in [1.807, 2.05) is 23.1 Å². The molecule has 0 unspecified atom stereocenters. The standard InChI is InChI=1S/C17H26N2O/c1-17(2,3)18-15-11-7-8-12-19(16(15)20)13-14-9-5-4-6-10-14/h4-6,9-10,15,18H,7-8,11-13H2,1-3H3/t15-/m1/s1. The lowest BCUT2D eigenvalue weighted by molar-refractivity contribution is -0.134. The van der Waals surface area contributed by atoms with Gasteiger partial charge in [0.1, 0.15) is 0 Å². The Bertz CT molecular complexity index is 436. The lowest BCUT2D eigenvalue weighted by Gasteiger charge is -2.30. The van der Waals surface area contributed by atoms with Gasteiger partial charge in [-0.15, -0.1) is 0 Å². The number of hydrogen-bond donors (Lipinski definition) is 1. The number of carbonyl (C=O) groups excluding carboxylic acids is 1. The fourth-order valence-electron chi connectivity index (χ4n) is 2.72.